The molecular formula is C16H25N3O. The summed E-state index contributed by atoms with van der Waals surface area (Å²) in [6.45, 7) is 8.18. The van der Waals surface area contributed by atoms with Crippen LogP contribution in [0.5, 0.6) is 0 Å². The summed E-state index contributed by atoms with van der Waals surface area (Å²) < 4.78 is 0. The Morgan fingerprint density at radius 2 is 1.90 bits per heavy atom. The standard InChI is InChI=1S/C16H25N3O/c1-4-18(5-2)15-11-12-19(13-15)16(20)17(3)14-9-7-6-8-10-14/h6-10,15H,4-5,11-13H2,1-3H3. The van der Waals surface area contributed by atoms with E-state index in [4.69, 9.17) is 0 Å². The maximum absolute atomic E-state index is 12.5. The van der Waals surface area contributed by atoms with Crippen LogP contribution in [-0.2, 0) is 0 Å². The lowest BCUT2D eigenvalue weighted by atomic mass is 10.2. The van der Waals surface area contributed by atoms with E-state index in [2.05, 4.69) is 18.7 Å². The number of nitrogens with zero attached hydrogens (tertiary/aromatic N) is 3. The molecule has 0 radical (unpaired) electrons. The third-order valence-electron chi connectivity index (χ3n) is 4.19. The first-order valence-corrected chi connectivity index (χ1v) is 7.49. The van der Waals surface area contributed by atoms with Gasteiger partial charge in [-0.25, -0.2) is 4.79 Å². The summed E-state index contributed by atoms with van der Waals surface area (Å²) in [5.74, 6) is 0. The van der Waals surface area contributed by atoms with Crippen LogP contribution in [0, 0.1) is 0 Å². The molecule has 1 unspecified atom stereocenters. The van der Waals surface area contributed by atoms with E-state index in [-0.39, 0.29) is 6.03 Å². The second-order valence-electron chi connectivity index (χ2n) is 5.29. The number of hydrogen-bond donors (Lipinski definition) is 0. The fraction of sp³-hybridized carbons (Fsp3) is 0.562. The molecule has 2 amide bonds. The molecule has 110 valence electrons. The molecule has 20 heavy (non-hydrogen) atoms. The minimum atomic E-state index is 0.103. The average Bonchev–Trinajstić information content (AvgIpc) is 2.97. The Morgan fingerprint density at radius 1 is 1.25 bits per heavy atom. The zero-order valence-electron chi connectivity index (χ0n) is 12.7. The van der Waals surface area contributed by atoms with Gasteiger partial charge in [-0.3, -0.25) is 9.80 Å². The number of rotatable bonds is 4. The Balaban J connectivity index is 1.98. The largest absolute Gasteiger partial charge is 0.324 e. The summed E-state index contributed by atoms with van der Waals surface area (Å²) in [7, 11) is 1.85. The van der Waals surface area contributed by atoms with Crippen LogP contribution in [0.3, 0.4) is 0 Å². The van der Waals surface area contributed by atoms with Crippen molar-refractivity contribution < 1.29 is 4.79 Å². The highest BCUT2D eigenvalue weighted by molar-refractivity contribution is 5.91. The van der Waals surface area contributed by atoms with Crippen LogP contribution in [0.1, 0.15) is 20.3 Å². The Morgan fingerprint density at radius 3 is 2.50 bits per heavy atom. The van der Waals surface area contributed by atoms with Gasteiger partial charge in [0.25, 0.3) is 0 Å². The highest BCUT2D eigenvalue weighted by Gasteiger charge is 2.30. The maximum Gasteiger partial charge on any atom is 0.324 e. The summed E-state index contributed by atoms with van der Waals surface area (Å²) in [5.41, 5.74) is 0.948. The normalized spacial score (nSPS) is 18.6. The van der Waals surface area contributed by atoms with E-state index in [1.165, 1.54) is 0 Å². The van der Waals surface area contributed by atoms with Crippen molar-refractivity contribution in [3.05, 3.63) is 30.3 Å². The minimum Gasteiger partial charge on any atom is -0.323 e. The smallest absolute Gasteiger partial charge is 0.323 e. The number of carbonyl (C=O) groups is 1. The van der Waals surface area contributed by atoms with Gasteiger partial charge in [-0.1, -0.05) is 32.0 Å². The number of likely N-dealkylation sites (N-methyl/N-ethyl adjacent to an activating group) is 1. The topological polar surface area (TPSA) is 26.8 Å². The Labute approximate surface area is 122 Å². The van der Waals surface area contributed by atoms with Gasteiger partial charge in [0.15, 0.2) is 0 Å². The lowest BCUT2D eigenvalue weighted by Gasteiger charge is -2.28. The molecule has 1 fully saturated rings. The van der Waals surface area contributed by atoms with E-state index >= 15 is 0 Å². The van der Waals surface area contributed by atoms with E-state index < -0.39 is 0 Å². The van der Waals surface area contributed by atoms with Gasteiger partial charge in [0, 0.05) is 31.9 Å². The van der Waals surface area contributed by atoms with E-state index in [1.54, 1.807) is 4.90 Å². The van der Waals surface area contributed by atoms with Gasteiger partial charge in [0.1, 0.15) is 0 Å². The van der Waals surface area contributed by atoms with Crippen molar-refractivity contribution in [2.75, 3.05) is 38.1 Å². The number of anilines is 1. The van der Waals surface area contributed by atoms with Crippen LogP contribution >= 0.6 is 0 Å². The van der Waals surface area contributed by atoms with Crippen molar-refractivity contribution in [2.24, 2.45) is 0 Å². The molecule has 1 aliphatic rings. The molecule has 0 N–H and O–H groups in total. The number of likely N-dealkylation sites (tertiary alicyclic amines) is 1. The predicted molar refractivity (Wildman–Crippen MR) is 83.1 cm³/mol. The molecule has 1 aromatic rings. The quantitative estimate of drug-likeness (QED) is 0.844. The number of hydrogen-bond acceptors (Lipinski definition) is 2. The number of urea groups is 1. The molecule has 1 atom stereocenters. The van der Waals surface area contributed by atoms with Gasteiger partial charge in [-0.05, 0) is 31.6 Å². The summed E-state index contributed by atoms with van der Waals surface area (Å²) in [5, 5.41) is 0. The molecule has 4 heteroatoms. The fourth-order valence-electron chi connectivity index (χ4n) is 2.93. The van der Waals surface area contributed by atoms with E-state index in [9.17, 15) is 4.79 Å². The van der Waals surface area contributed by atoms with Crippen molar-refractivity contribution in [2.45, 2.75) is 26.3 Å². The summed E-state index contributed by atoms with van der Waals surface area (Å²) in [4.78, 5) is 18.7. The molecule has 2 rings (SSSR count). The summed E-state index contributed by atoms with van der Waals surface area (Å²) >= 11 is 0. The molecule has 1 saturated heterocycles. The van der Waals surface area contributed by atoms with E-state index in [0.717, 1.165) is 38.3 Å². The van der Waals surface area contributed by atoms with Gasteiger partial charge in [0.05, 0.1) is 0 Å². The Kier molecular flexibility index (Phi) is 5.01. The second kappa shape index (κ2) is 6.75. The average molecular weight is 275 g/mol. The predicted octanol–water partition coefficient (Wildman–Crippen LogP) is 2.66. The van der Waals surface area contributed by atoms with Crippen LogP contribution in [-0.4, -0.2) is 55.1 Å². The highest BCUT2D eigenvalue weighted by atomic mass is 16.2. The molecule has 0 saturated carbocycles. The van der Waals surface area contributed by atoms with E-state index in [1.807, 2.05) is 42.3 Å². The molecule has 0 aromatic heterocycles. The van der Waals surface area contributed by atoms with E-state index in [0.29, 0.717) is 6.04 Å². The number of para-hydroxylation sites is 1. The maximum atomic E-state index is 12.5. The third-order valence-corrected chi connectivity index (χ3v) is 4.19. The first-order valence-electron chi connectivity index (χ1n) is 7.49. The third kappa shape index (κ3) is 3.12. The highest BCUT2D eigenvalue weighted by Crippen LogP contribution is 2.19. The van der Waals surface area contributed by atoms with Crippen molar-refractivity contribution in [1.29, 1.82) is 0 Å². The number of amides is 2. The van der Waals surface area contributed by atoms with Crippen LogP contribution in [0.15, 0.2) is 30.3 Å². The second-order valence-corrected chi connectivity index (χ2v) is 5.29. The van der Waals surface area contributed by atoms with Crippen LogP contribution in [0.25, 0.3) is 0 Å². The van der Waals surface area contributed by atoms with Crippen LogP contribution < -0.4 is 4.90 Å². The van der Waals surface area contributed by atoms with Gasteiger partial charge in [-0.2, -0.15) is 0 Å². The monoisotopic (exact) mass is 275 g/mol. The summed E-state index contributed by atoms with van der Waals surface area (Å²) in [6, 6.07) is 10.4. The molecule has 1 heterocycles. The zero-order valence-corrected chi connectivity index (χ0v) is 12.7. The number of carbonyl (C=O) groups excluding carboxylic acids is 1. The first kappa shape index (κ1) is 14.9. The van der Waals surface area contributed by atoms with Crippen LogP contribution in [0.4, 0.5) is 10.5 Å². The van der Waals surface area contributed by atoms with Crippen molar-refractivity contribution >= 4 is 11.7 Å². The molecular weight excluding hydrogens is 250 g/mol. The molecule has 0 spiro atoms. The SMILES string of the molecule is CCN(CC)C1CCN(C(=O)N(C)c2ccccc2)C1. The molecule has 4 nitrogen and oxygen atoms in total. The zero-order chi connectivity index (χ0) is 14.5. The molecule has 1 aliphatic heterocycles. The van der Waals surface area contributed by atoms with Crippen LogP contribution in [0.2, 0.25) is 0 Å². The first-order chi connectivity index (χ1) is 9.67. The lowest BCUT2D eigenvalue weighted by Crippen LogP contribution is -2.43. The Bertz CT molecular complexity index is 431. The molecule has 1 aromatic carbocycles. The number of benzene rings is 1. The van der Waals surface area contributed by atoms with Gasteiger partial charge in [0.2, 0.25) is 0 Å². The van der Waals surface area contributed by atoms with Gasteiger partial charge in [-0.15, -0.1) is 0 Å². The molecule has 0 aliphatic carbocycles. The Hall–Kier alpha value is -1.55. The lowest BCUT2D eigenvalue weighted by molar-refractivity contribution is 0.198. The molecule has 0 bridgehead atoms. The van der Waals surface area contributed by atoms with Gasteiger partial charge >= 0.3 is 6.03 Å². The van der Waals surface area contributed by atoms with Crippen molar-refractivity contribution in [3.63, 3.8) is 0 Å². The van der Waals surface area contributed by atoms with Gasteiger partial charge < -0.3 is 4.90 Å². The fourth-order valence-corrected chi connectivity index (χ4v) is 2.93. The minimum absolute atomic E-state index is 0.103. The summed E-state index contributed by atoms with van der Waals surface area (Å²) in [6.07, 6.45) is 1.08. The van der Waals surface area contributed by atoms with Crippen molar-refractivity contribution in [1.82, 2.24) is 9.80 Å². The van der Waals surface area contributed by atoms with Crippen molar-refractivity contribution in [3.8, 4) is 0 Å².